The van der Waals surface area contributed by atoms with Gasteiger partial charge in [-0.3, -0.25) is 9.36 Å². The highest BCUT2D eigenvalue weighted by Gasteiger charge is 2.31. The van der Waals surface area contributed by atoms with Crippen LogP contribution in [0.15, 0.2) is 33.9 Å². The van der Waals surface area contributed by atoms with Crippen LogP contribution in [0.3, 0.4) is 0 Å². The highest BCUT2D eigenvalue weighted by Crippen LogP contribution is 2.30. The maximum absolute atomic E-state index is 13.1. The van der Waals surface area contributed by atoms with E-state index in [4.69, 9.17) is 5.73 Å². The highest BCUT2D eigenvalue weighted by atomic mass is 32.1. The number of hydrogen-bond donors (Lipinski definition) is 2. The summed E-state index contributed by atoms with van der Waals surface area (Å²) in [5, 5.41) is 2.83. The van der Waals surface area contributed by atoms with Gasteiger partial charge in [-0.05, 0) is 57.1 Å². The van der Waals surface area contributed by atoms with Crippen molar-refractivity contribution >= 4 is 12.6 Å². The molecule has 11 heteroatoms. The van der Waals surface area contributed by atoms with Gasteiger partial charge in [0.2, 0.25) is 0 Å². The Morgan fingerprint density at radius 2 is 1.83 bits per heavy atom. The summed E-state index contributed by atoms with van der Waals surface area (Å²) in [6.45, 7) is 2.79. The third-order valence-corrected chi connectivity index (χ3v) is 5.33. The minimum Gasteiger partial charge on any atom is -0.314 e. The minimum absolute atomic E-state index is 0.102. The maximum atomic E-state index is 13.1. The second kappa shape index (κ2) is 9.36. The average molecular weight is 443 g/mol. The molecule has 2 heterocycles. The Hall–Kier alpha value is -2.11. The highest BCUT2D eigenvalue weighted by molar-refractivity contribution is 7.80. The van der Waals surface area contributed by atoms with Crippen molar-refractivity contribution < 1.29 is 13.2 Å². The third kappa shape index (κ3) is 5.13. The van der Waals surface area contributed by atoms with Crippen molar-refractivity contribution in [2.24, 2.45) is 5.73 Å². The number of nitrogens with zero attached hydrogens (tertiary/aromatic N) is 4. The number of aromatic nitrogens is 3. The Balaban J connectivity index is 1.96. The molecule has 0 saturated carbocycles. The zero-order chi connectivity index (χ0) is 21.9. The zero-order valence-electron chi connectivity index (χ0n) is 16.3. The molecule has 30 heavy (non-hydrogen) atoms. The molecule has 1 aromatic heterocycles. The summed E-state index contributed by atoms with van der Waals surface area (Å²) in [6, 6.07) is 4.21. The summed E-state index contributed by atoms with van der Waals surface area (Å²) in [6.07, 6.45) is -0.591. The Bertz CT molecular complexity index is 997. The van der Waals surface area contributed by atoms with Gasteiger partial charge in [0.15, 0.2) is 5.69 Å². The fourth-order valence-corrected chi connectivity index (χ4v) is 3.70. The number of halogens is 3. The van der Waals surface area contributed by atoms with Crippen LogP contribution in [0.25, 0.3) is 5.69 Å². The lowest BCUT2D eigenvalue weighted by atomic mass is 10.1. The van der Waals surface area contributed by atoms with Crippen LogP contribution in [-0.4, -0.2) is 38.9 Å². The van der Waals surface area contributed by atoms with Crippen LogP contribution < -0.4 is 17.0 Å². The van der Waals surface area contributed by atoms with Gasteiger partial charge in [-0.15, -0.1) is 0 Å². The fourth-order valence-electron chi connectivity index (χ4n) is 3.53. The van der Waals surface area contributed by atoms with Crippen molar-refractivity contribution in [1.82, 2.24) is 19.2 Å². The molecular weight excluding hydrogens is 419 g/mol. The number of nitrogens with two attached hydrogens (primary N) is 1. The Labute approximate surface area is 176 Å². The van der Waals surface area contributed by atoms with Crippen LogP contribution in [0.2, 0.25) is 0 Å². The van der Waals surface area contributed by atoms with Gasteiger partial charge in [0.25, 0.3) is 5.56 Å². The molecule has 1 fully saturated rings. The second-order valence-electron chi connectivity index (χ2n) is 7.29. The van der Waals surface area contributed by atoms with Crippen molar-refractivity contribution in [3.05, 3.63) is 56.4 Å². The standard InChI is InChI=1S/C19H24F3N5O2S/c20-19(21,22)13-6-4-7-14(12-13)27-18(29)26(17(28)15(24-27)16(23)30)11-5-10-25-8-2-1-3-9-25/h4,6-7,12,16,30H,1-3,5,8-11,23H2. The monoisotopic (exact) mass is 443 g/mol. The van der Waals surface area contributed by atoms with E-state index in [9.17, 15) is 22.8 Å². The maximum Gasteiger partial charge on any atom is 0.416 e. The molecule has 1 unspecified atom stereocenters. The van der Waals surface area contributed by atoms with Crippen molar-refractivity contribution in [3.63, 3.8) is 0 Å². The van der Waals surface area contributed by atoms with Gasteiger partial charge in [0, 0.05) is 6.54 Å². The summed E-state index contributed by atoms with van der Waals surface area (Å²) < 4.78 is 41.0. The van der Waals surface area contributed by atoms with E-state index in [1.165, 1.54) is 18.6 Å². The number of likely N-dealkylation sites (tertiary alicyclic amines) is 1. The molecule has 1 aliphatic heterocycles. The SMILES string of the molecule is NC(S)c1nn(-c2cccc(C(F)(F)F)c2)c(=O)n(CCCN2CCCCC2)c1=O. The second-order valence-corrected chi connectivity index (χ2v) is 7.84. The van der Waals surface area contributed by atoms with E-state index in [-0.39, 0.29) is 17.9 Å². The number of thiol groups is 1. The van der Waals surface area contributed by atoms with Crippen molar-refractivity contribution in [2.45, 2.75) is 43.8 Å². The van der Waals surface area contributed by atoms with Gasteiger partial charge in [-0.25, -0.2) is 4.79 Å². The molecule has 164 valence electrons. The molecule has 7 nitrogen and oxygen atoms in total. The zero-order valence-corrected chi connectivity index (χ0v) is 17.2. The molecule has 1 aliphatic rings. The number of piperidine rings is 1. The molecule has 0 radical (unpaired) electrons. The molecular formula is C19H24F3N5O2S. The number of rotatable bonds is 6. The normalized spacial score (nSPS) is 16.6. The quantitative estimate of drug-likeness (QED) is 0.528. The van der Waals surface area contributed by atoms with E-state index in [0.717, 1.165) is 53.9 Å². The van der Waals surface area contributed by atoms with Crippen LogP contribution in [-0.2, 0) is 12.7 Å². The molecule has 1 atom stereocenters. The van der Waals surface area contributed by atoms with Gasteiger partial charge in [-0.2, -0.15) is 35.6 Å². The largest absolute Gasteiger partial charge is 0.416 e. The number of alkyl halides is 3. The first-order valence-electron chi connectivity index (χ1n) is 9.76. The topological polar surface area (TPSA) is 86.2 Å². The molecule has 0 aliphatic carbocycles. The van der Waals surface area contributed by atoms with E-state index >= 15 is 0 Å². The molecule has 0 bridgehead atoms. The molecule has 2 aromatic rings. The molecule has 1 aromatic carbocycles. The van der Waals surface area contributed by atoms with Gasteiger partial charge in [0.05, 0.1) is 16.6 Å². The molecule has 3 rings (SSSR count). The Kier molecular flexibility index (Phi) is 7.04. The summed E-state index contributed by atoms with van der Waals surface area (Å²) in [5.74, 6) is 0. The lowest BCUT2D eigenvalue weighted by Gasteiger charge is -2.26. The van der Waals surface area contributed by atoms with Crippen LogP contribution in [0.5, 0.6) is 0 Å². The number of benzene rings is 1. The molecule has 0 spiro atoms. The molecule has 1 saturated heterocycles. The van der Waals surface area contributed by atoms with Crippen molar-refractivity contribution in [2.75, 3.05) is 19.6 Å². The summed E-state index contributed by atoms with van der Waals surface area (Å²) >= 11 is 4.04. The molecule has 0 amide bonds. The molecule has 2 N–H and O–H groups in total. The van der Waals surface area contributed by atoms with Gasteiger partial charge in [0.1, 0.15) is 0 Å². The van der Waals surface area contributed by atoms with E-state index in [0.29, 0.717) is 6.42 Å². The lowest BCUT2D eigenvalue weighted by Crippen LogP contribution is -2.44. The van der Waals surface area contributed by atoms with E-state index in [2.05, 4.69) is 22.6 Å². The number of hydrogen-bond acceptors (Lipinski definition) is 6. The van der Waals surface area contributed by atoms with Crippen LogP contribution in [0, 0.1) is 0 Å². The minimum atomic E-state index is -4.58. The first-order chi connectivity index (χ1) is 14.2. The fraction of sp³-hybridized carbons (Fsp3) is 0.526. The van der Waals surface area contributed by atoms with Crippen LogP contribution in [0.1, 0.15) is 42.3 Å². The predicted molar refractivity (Wildman–Crippen MR) is 110 cm³/mol. The van der Waals surface area contributed by atoms with Crippen LogP contribution in [0.4, 0.5) is 13.2 Å². The Morgan fingerprint density at radius 3 is 2.47 bits per heavy atom. The van der Waals surface area contributed by atoms with E-state index < -0.39 is 28.4 Å². The van der Waals surface area contributed by atoms with Crippen molar-refractivity contribution in [1.29, 1.82) is 0 Å². The first-order valence-corrected chi connectivity index (χ1v) is 10.3. The van der Waals surface area contributed by atoms with E-state index in [1.807, 2.05) is 0 Å². The van der Waals surface area contributed by atoms with Gasteiger partial charge in [-0.1, -0.05) is 12.5 Å². The average Bonchev–Trinajstić information content (AvgIpc) is 2.70. The smallest absolute Gasteiger partial charge is 0.314 e. The van der Waals surface area contributed by atoms with E-state index in [1.54, 1.807) is 0 Å². The van der Waals surface area contributed by atoms with Gasteiger partial charge < -0.3 is 10.6 Å². The third-order valence-electron chi connectivity index (χ3n) is 5.09. The van der Waals surface area contributed by atoms with Crippen LogP contribution >= 0.6 is 12.6 Å². The van der Waals surface area contributed by atoms with Crippen molar-refractivity contribution in [3.8, 4) is 5.69 Å². The Morgan fingerprint density at radius 1 is 1.13 bits per heavy atom. The van der Waals surface area contributed by atoms with Gasteiger partial charge >= 0.3 is 11.9 Å². The predicted octanol–water partition coefficient (Wildman–Crippen LogP) is 2.18. The summed E-state index contributed by atoms with van der Waals surface area (Å²) in [4.78, 5) is 27.9. The first kappa shape index (κ1) is 22.6. The lowest BCUT2D eigenvalue weighted by molar-refractivity contribution is -0.137. The summed E-state index contributed by atoms with van der Waals surface area (Å²) in [5.41, 5.74) is 3.00. The summed E-state index contributed by atoms with van der Waals surface area (Å²) in [7, 11) is 0.